The molecular weight excluding hydrogens is 252 g/mol. The predicted octanol–water partition coefficient (Wildman–Crippen LogP) is 2.05. The summed E-state index contributed by atoms with van der Waals surface area (Å²) < 4.78 is 0. The van der Waals surface area contributed by atoms with E-state index in [1.807, 2.05) is 0 Å². The van der Waals surface area contributed by atoms with Crippen LogP contribution in [0.15, 0.2) is 0 Å². The van der Waals surface area contributed by atoms with Gasteiger partial charge in [0.1, 0.15) is 0 Å². The Morgan fingerprint density at radius 1 is 1.20 bits per heavy atom. The third-order valence-electron chi connectivity index (χ3n) is 5.88. The van der Waals surface area contributed by atoms with E-state index in [9.17, 15) is 9.90 Å². The minimum Gasteiger partial charge on any atom is -0.481 e. The number of piperazine rings is 1. The normalized spacial score (nSPS) is 39.6. The van der Waals surface area contributed by atoms with E-state index in [-0.39, 0.29) is 0 Å². The van der Waals surface area contributed by atoms with Crippen molar-refractivity contribution in [3.05, 3.63) is 0 Å². The van der Waals surface area contributed by atoms with E-state index in [4.69, 9.17) is 0 Å². The van der Waals surface area contributed by atoms with Gasteiger partial charge in [-0.25, -0.2) is 0 Å². The first-order chi connectivity index (χ1) is 9.59. The first-order valence-electron chi connectivity index (χ1n) is 8.29. The third-order valence-corrected chi connectivity index (χ3v) is 5.88. The van der Waals surface area contributed by atoms with Crippen LogP contribution in [0.1, 0.15) is 45.4 Å². The highest BCUT2D eigenvalue weighted by molar-refractivity contribution is 5.75. The molecule has 2 saturated heterocycles. The fraction of sp³-hybridized carbons (Fsp3) is 0.938. The van der Waals surface area contributed by atoms with Crippen molar-refractivity contribution in [3.8, 4) is 0 Å². The Bertz CT molecular complexity index is 363. The number of rotatable bonds is 3. The molecule has 20 heavy (non-hydrogen) atoms. The number of nitrogens with zero attached hydrogens (tertiary/aromatic N) is 2. The summed E-state index contributed by atoms with van der Waals surface area (Å²) in [7, 11) is 0. The highest BCUT2D eigenvalue weighted by Gasteiger charge is 2.43. The van der Waals surface area contributed by atoms with Crippen LogP contribution in [0.2, 0.25) is 0 Å². The lowest BCUT2D eigenvalue weighted by molar-refractivity contribution is -0.153. The van der Waals surface area contributed by atoms with Gasteiger partial charge in [-0.1, -0.05) is 6.92 Å². The Kier molecular flexibility index (Phi) is 4.04. The SMILES string of the molecule is CC1CCC(CN2CCN3CCCC3C2)(C(=O)O)CC1. The highest BCUT2D eigenvalue weighted by Crippen LogP contribution is 2.40. The van der Waals surface area contributed by atoms with E-state index in [0.29, 0.717) is 12.0 Å². The summed E-state index contributed by atoms with van der Waals surface area (Å²) >= 11 is 0. The van der Waals surface area contributed by atoms with E-state index in [2.05, 4.69) is 16.7 Å². The topological polar surface area (TPSA) is 43.8 Å². The number of aliphatic carboxylic acids is 1. The maximum Gasteiger partial charge on any atom is 0.310 e. The number of hydrogen-bond donors (Lipinski definition) is 1. The van der Waals surface area contributed by atoms with Gasteiger partial charge in [0.05, 0.1) is 5.41 Å². The summed E-state index contributed by atoms with van der Waals surface area (Å²) in [6, 6.07) is 0.692. The molecule has 4 nitrogen and oxygen atoms in total. The van der Waals surface area contributed by atoms with E-state index < -0.39 is 11.4 Å². The molecule has 0 radical (unpaired) electrons. The lowest BCUT2D eigenvalue weighted by Crippen LogP contribution is -2.54. The average molecular weight is 280 g/mol. The lowest BCUT2D eigenvalue weighted by Gasteiger charge is -2.43. The number of hydrogen-bond acceptors (Lipinski definition) is 3. The fourth-order valence-electron chi connectivity index (χ4n) is 4.38. The van der Waals surface area contributed by atoms with Crippen molar-refractivity contribution in [1.29, 1.82) is 0 Å². The number of fused-ring (bicyclic) bond motifs is 1. The molecular formula is C16H28N2O2. The molecule has 0 aromatic rings. The molecule has 0 aromatic carbocycles. The van der Waals surface area contributed by atoms with E-state index >= 15 is 0 Å². The minimum absolute atomic E-state index is 0.465. The van der Waals surface area contributed by atoms with E-state index in [0.717, 1.165) is 51.9 Å². The van der Waals surface area contributed by atoms with Crippen molar-refractivity contribution in [2.45, 2.75) is 51.5 Å². The van der Waals surface area contributed by atoms with E-state index in [1.165, 1.54) is 19.4 Å². The second-order valence-electron chi connectivity index (χ2n) is 7.34. The molecule has 1 N–H and O–H groups in total. The van der Waals surface area contributed by atoms with Gasteiger partial charge in [-0.3, -0.25) is 14.6 Å². The maximum absolute atomic E-state index is 11.8. The third kappa shape index (κ3) is 2.73. The average Bonchev–Trinajstić information content (AvgIpc) is 2.89. The fourth-order valence-corrected chi connectivity index (χ4v) is 4.38. The standard InChI is InChI=1S/C16H28N2O2/c1-13-4-6-16(7-5-13,15(19)20)12-17-9-10-18-8-2-3-14(18)11-17/h13-14H,2-12H2,1H3,(H,19,20). The minimum atomic E-state index is -0.557. The summed E-state index contributed by atoms with van der Waals surface area (Å²) in [4.78, 5) is 16.9. The Morgan fingerprint density at radius 2 is 1.95 bits per heavy atom. The van der Waals surface area contributed by atoms with Gasteiger partial charge in [0.15, 0.2) is 0 Å². The van der Waals surface area contributed by atoms with Crippen LogP contribution in [0.25, 0.3) is 0 Å². The molecule has 3 aliphatic rings. The lowest BCUT2D eigenvalue weighted by atomic mass is 9.70. The van der Waals surface area contributed by atoms with Crippen LogP contribution in [0.5, 0.6) is 0 Å². The summed E-state index contributed by atoms with van der Waals surface area (Å²) in [5, 5.41) is 9.76. The number of carbonyl (C=O) groups is 1. The van der Waals surface area contributed by atoms with Crippen molar-refractivity contribution in [3.63, 3.8) is 0 Å². The smallest absolute Gasteiger partial charge is 0.310 e. The zero-order valence-corrected chi connectivity index (χ0v) is 12.7. The maximum atomic E-state index is 11.8. The van der Waals surface area contributed by atoms with Crippen LogP contribution in [-0.4, -0.2) is 59.6 Å². The quantitative estimate of drug-likeness (QED) is 0.859. The Balaban J connectivity index is 1.63. The predicted molar refractivity (Wildman–Crippen MR) is 78.7 cm³/mol. The molecule has 0 spiro atoms. The second-order valence-corrected chi connectivity index (χ2v) is 7.34. The van der Waals surface area contributed by atoms with Gasteiger partial charge in [-0.2, -0.15) is 0 Å². The molecule has 4 heteroatoms. The molecule has 3 rings (SSSR count). The van der Waals surface area contributed by atoms with Crippen LogP contribution in [0, 0.1) is 11.3 Å². The van der Waals surface area contributed by atoms with E-state index in [1.54, 1.807) is 0 Å². The molecule has 0 bridgehead atoms. The summed E-state index contributed by atoms with van der Waals surface area (Å²) in [5.41, 5.74) is -0.465. The van der Waals surface area contributed by atoms with Gasteiger partial charge >= 0.3 is 5.97 Å². The van der Waals surface area contributed by atoms with Crippen molar-refractivity contribution >= 4 is 5.97 Å². The molecule has 3 fully saturated rings. The second kappa shape index (κ2) is 5.64. The molecule has 114 valence electrons. The van der Waals surface area contributed by atoms with Crippen molar-refractivity contribution < 1.29 is 9.90 Å². The Morgan fingerprint density at radius 3 is 2.65 bits per heavy atom. The number of carboxylic acids is 1. The van der Waals surface area contributed by atoms with Gasteiger partial charge in [0, 0.05) is 32.2 Å². The summed E-state index contributed by atoms with van der Waals surface area (Å²) in [6.45, 7) is 7.56. The van der Waals surface area contributed by atoms with Gasteiger partial charge < -0.3 is 5.11 Å². The van der Waals surface area contributed by atoms with Gasteiger partial charge in [0.25, 0.3) is 0 Å². The highest BCUT2D eigenvalue weighted by atomic mass is 16.4. The molecule has 0 amide bonds. The zero-order valence-electron chi connectivity index (χ0n) is 12.7. The molecule has 2 aliphatic heterocycles. The molecule has 0 aromatic heterocycles. The molecule has 1 unspecified atom stereocenters. The van der Waals surface area contributed by atoms with Crippen LogP contribution >= 0.6 is 0 Å². The van der Waals surface area contributed by atoms with Crippen molar-refractivity contribution in [1.82, 2.24) is 9.80 Å². The summed E-state index contributed by atoms with van der Waals surface area (Å²) in [5.74, 6) is 0.146. The van der Waals surface area contributed by atoms with Crippen LogP contribution in [0.4, 0.5) is 0 Å². The molecule has 1 saturated carbocycles. The largest absolute Gasteiger partial charge is 0.481 e. The van der Waals surface area contributed by atoms with Crippen LogP contribution in [0.3, 0.4) is 0 Å². The molecule has 1 atom stereocenters. The van der Waals surface area contributed by atoms with Crippen molar-refractivity contribution in [2.24, 2.45) is 11.3 Å². The van der Waals surface area contributed by atoms with Gasteiger partial charge in [-0.05, 0) is 51.0 Å². The van der Waals surface area contributed by atoms with Crippen LogP contribution in [-0.2, 0) is 4.79 Å². The number of carboxylic acid groups (broad SMARTS) is 1. The first-order valence-corrected chi connectivity index (χ1v) is 8.29. The van der Waals surface area contributed by atoms with Crippen molar-refractivity contribution in [2.75, 3.05) is 32.7 Å². The van der Waals surface area contributed by atoms with Crippen LogP contribution < -0.4 is 0 Å². The monoisotopic (exact) mass is 280 g/mol. The summed E-state index contributed by atoms with van der Waals surface area (Å²) in [6.07, 6.45) is 6.52. The Labute approximate surface area is 122 Å². The van der Waals surface area contributed by atoms with Gasteiger partial charge in [0.2, 0.25) is 0 Å². The zero-order chi connectivity index (χ0) is 14.2. The molecule has 2 heterocycles. The van der Waals surface area contributed by atoms with Gasteiger partial charge in [-0.15, -0.1) is 0 Å². The first kappa shape index (κ1) is 14.3. The molecule has 1 aliphatic carbocycles. The Hall–Kier alpha value is -0.610.